The average Bonchev–Trinajstić information content (AvgIpc) is 3.14. The Balaban J connectivity index is 1.56. The van der Waals surface area contributed by atoms with E-state index in [1.54, 1.807) is 41.3 Å². The van der Waals surface area contributed by atoms with E-state index in [1.165, 1.54) is 17.7 Å². The zero-order valence-electron chi connectivity index (χ0n) is 16.0. The number of aromatic amines is 1. The Morgan fingerprint density at radius 1 is 1.03 bits per heavy atom. The summed E-state index contributed by atoms with van der Waals surface area (Å²) >= 11 is 5.95. The SMILES string of the molecule is O=C(Nc1ccc(Cl)cc1)N1CCc2c([nH]c3ccccc23)[C@H]1c1ccc(F)cc1. The van der Waals surface area contributed by atoms with Gasteiger partial charge in [-0.25, -0.2) is 9.18 Å². The number of nitrogens with one attached hydrogen (secondary N) is 2. The van der Waals surface area contributed by atoms with Crippen molar-refractivity contribution in [3.63, 3.8) is 0 Å². The van der Waals surface area contributed by atoms with Gasteiger partial charge >= 0.3 is 6.03 Å². The molecule has 5 rings (SSSR count). The highest BCUT2D eigenvalue weighted by molar-refractivity contribution is 6.30. The number of para-hydroxylation sites is 1. The van der Waals surface area contributed by atoms with E-state index in [9.17, 15) is 9.18 Å². The summed E-state index contributed by atoms with van der Waals surface area (Å²) in [6.07, 6.45) is 0.741. The summed E-state index contributed by atoms with van der Waals surface area (Å²) in [6.45, 7) is 0.552. The lowest BCUT2D eigenvalue weighted by Gasteiger charge is -2.36. The number of hydrogen-bond acceptors (Lipinski definition) is 1. The highest BCUT2D eigenvalue weighted by atomic mass is 35.5. The number of anilines is 1. The van der Waals surface area contributed by atoms with E-state index in [1.807, 2.05) is 18.2 Å². The molecule has 0 unspecified atom stereocenters. The van der Waals surface area contributed by atoms with Crippen LogP contribution in [-0.4, -0.2) is 22.5 Å². The molecule has 3 aromatic carbocycles. The van der Waals surface area contributed by atoms with E-state index in [0.717, 1.165) is 28.6 Å². The van der Waals surface area contributed by atoms with Gasteiger partial charge in [0, 0.05) is 33.9 Å². The third-order valence-corrected chi connectivity index (χ3v) is 5.83. The number of urea groups is 1. The first-order chi connectivity index (χ1) is 14.6. The first kappa shape index (κ1) is 18.7. The highest BCUT2D eigenvalue weighted by Crippen LogP contribution is 2.38. The lowest BCUT2D eigenvalue weighted by atomic mass is 9.92. The van der Waals surface area contributed by atoms with Crippen LogP contribution in [0.4, 0.5) is 14.9 Å². The van der Waals surface area contributed by atoms with Gasteiger partial charge in [0.2, 0.25) is 0 Å². The van der Waals surface area contributed by atoms with Crippen molar-refractivity contribution < 1.29 is 9.18 Å². The van der Waals surface area contributed by atoms with Gasteiger partial charge in [0.15, 0.2) is 0 Å². The van der Waals surface area contributed by atoms with E-state index in [4.69, 9.17) is 11.6 Å². The van der Waals surface area contributed by atoms with Crippen molar-refractivity contribution in [1.29, 1.82) is 0 Å². The first-order valence-corrected chi connectivity index (χ1v) is 10.2. The van der Waals surface area contributed by atoms with Crippen molar-refractivity contribution in [2.75, 3.05) is 11.9 Å². The number of carbonyl (C=O) groups is 1. The number of H-pyrrole nitrogens is 1. The lowest BCUT2D eigenvalue weighted by molar-refractivity contribution is 0.193. The minimum Gasteiger partial charge on any atom is -0.356 e. The van der Waals surface area contributed by atoms with Crippen molar-refractivity contribution in [3.05, 3.63) is 100 Å². The Hall–Kier alpha value is -3.31. The van der Waals surface area contributed by atoms with Crippen LogP contribution in [0.15, 0.2) is 72.8 Å². The summed E-state index contributed by atoms with van der Waals surface area (Å²) in [5.41, 5.74) is 4.74. The lowest BCUT2D eigenvalue weighted by Crippen LogP contribution is -2.43. The maximum absolute atomic E-state index is 13.6. The second kappa shape index (κ2) is 7.50. The first-order valence-electron chi connectivity index (χ1n) is 9.78. The number of carbonyl (C=O) groups excluding carboxylic acids is 1. The number of hydrogen-bond donors (Lipinski definition) is 2. The molecule has 2 amide bonds. The number of aromatic nitrogens is 1. The van der Waals surface area contributed by atoms with Crippen molar-refractivity contribution in [1.82, 2.24) is 9.88 Å². The molecule has 4 aromatic rings. The Labute approximate surface area is 178 Å². The Bertz CT molecular complexity index is 1220. The van der Waals surface area contributed by atoms with Gasteiger partial charge in [-0.05, 0) is 60.0 Å². The van der Waals surface area contributed by atoms with Crippen LogP contribution >= 0.6 is 11.6 Å². The van der Waals surface area contributed by atoms with Gasteiger partial charge in [-0.1, -0.05) is 41.9 Å². The minimum atomic E-state index is -0.339. The maximum Gasteiger partial charge on any atom is 0.322 e. The number of amides is 2. The topological polar surface area (TPSA) is 48.1 Å². The summed E-state index contributed by atoms with van der Waals surface area (Å²) in [6, 6.07) is 20.9. The fraction of sp³-hybridized carbons (Fsp3) is 0.125. The van der Waals surface area contributed by atoms with E-state index in [2.05, 4.69) is 16.4 Å². The van der Waals surface area contributed by atoms with Crippen molar-refractivity contribution in [3.8, 4) is 0 Å². The fourth-order valence-electron chi connectivity index (χ4n) is 4.18. The van der Waals surface area contributed by atoms with Crippen LogP contribution in [0.3, 0.4) is 0 Å². The molecular formula is C24H19ClFN3O. The minimum absolute atomic E-state index is 0.212. The molecule has 2 N–H and O–H groups in total. The van der Waals surface area contributed by atoms with Crippen molar-refractivity contribution in [2.24, 2.45) is 0 Å². The molecule has 1 aliphatic rings. The molecule has 0 aliphatic carbocycles. The monoisotopic (exact) mass is 419 g/mol. The molecule has 1 aromatic heterocycles. The second-order valence-electron chi connectivity index (χ2n) is 7.40. The molecule has 0 saturated heterocycles. The molecule has 1 aliphatic heterocycles. The largest absolute Gasteiger partial charge is 0.356 e. The third kappa shape index (κ3) is 3.31. The van der Waals surface area contributed by atoms with Crippen LogP contribution in [0, 0.1) is 5.82 Å². The van der Waals surface area contributed by atoms with Gasteiger partial charge in [-0.3, -0.25) is 0 Å². The molecule has 0 saturated carbocycles. The molecule has 4 nitrogen and oxygen atoms in total. The number of fused-ring (bicyclic) bond motifs is 3. The number of nitrogens with zero attached hydrogens (tertiary/aromatic N) is 1. The molecule has 0 bridgehead atoms. The molecule has 0 fully saturated rings. The van der Waals surface area contributed by atoms with Gasteiger partial charge < -0.3 is 15.2 Å². The molecule has 0 radical (unpaired) electrons. The Morgan fingerprint density at radius 2 is 1.77 bits per heavy atom. The fourth-order valence-corrected chi connectivity index (χ4v) is 4.31. The molecule has 0 spiro atoms. The molecular weight excluding hydrogens is 401 g/mol. The standard InChI is InChI=1S/C24H19ClFN3O/c25-16-7-11-18(12-8-16)27-24(30)29-14-13-20-19-3-1-2-4-21(19)28-22(20)23(29)15-5-9-17(26)10-6-15/h1-12,23,28H,13-14H2,(H,27,30)/t23-/m1/s1. The zero-order chi connectivity index (χ0) is 20.7. The number of benzene rings is 3. The molecule has 6 heteroatoms. The predicted octanol–water partition coefficient (Wildman–Crippen LogP) is 6.14. The zero-order valence-corrected chi connectivity index (χ0v) is 16.8. The third-order valence-electron chi connectivity index (χ3n) is 5.58. The highest BCUT2D eigenvalue weighted by Gasteiger charge is 2.34. The van der Waals surface area contributed by atoms with Crippen LogP contribution in [0.1, 0.15) is 22.9 Å². The van der Waals surface area contributed by atoms with Gasteiger partial charge in [0.25, 0.3) is 0 Å². The van der Waals surface area contributed by atoms with Gasteiger partial charge in [-0.15, -0.1) is 0 Å². The predicted molar refractivity (Wildman–Crippen MR) is 117 cm³/mol. The molecule has 2 heterocycles. The van der Waals surface area contributed by atoms with E-state index in [0.29, 0.717) is 17.3 Å². The van der Waals surface area contributed by atoms with Gasteiger partial charge in [-0.2, -0.15) is 0 Å². The Morgan fingerprint density at radius 3 is 2.53 bits per heavy atom. The number of rotatable bonds is 2. The van der Waals surface area contributed by atoms with E-state index < -0.39 is 0 Å². The van der Waals surface area contributed by atoms with Crippen LogP contribution in [0.25, 0.3) is 10.9 Å². The summed E-state index contributed by atoms with van der Waals surface area (Å²) < 4.78 is 13.6. The van der Waals surface area contributed by atoms with Crippen LogP contribution in [0.2, 0.25) is 5.02 Å². The van der Waals surface area contributed by atoms with Crippen molar-refractivity contribution in [2.45, 2.75) is 12.5 Å². The van der Waals surface area contributed by atoms with Crippen LogP contribution in [-0.2, 0) is 6.42 Å². The van der Waals surface area contributed by atoms with Crippen LogP contribution < -0.4 is 5.32 Å². The number of halogens is 2. The Kier molecular flexibility index (Phi) is 4.68. The molecule has 30 heavy (non-hydrogen) atoms. The quantitative estimate of drug-likeness (QED) is 0.402. The van der Waals surface area contributed by atoms with Gasteiger partial charge in [0.1, 0.15) is 5.82 Å². The van der Waals surface area contributed by atoms with Gasteiger partial charge in [0.05, 0.1) is 6.04 Å². The summed E-state index contributed by atoms with van der Waals surface area (Å²) in [4.78, 5) is 18.5. The normalized spacial score (nSPS) is 15.8. The van der Waals surface area contributed by atoms with E-state index in [-0.39, 0.29) is 17.9 Å². The average molecular weight is 420 g/mol. The summed E-state index contributed by atoms with van der Waals surface area (Å²) in [5.74, 6) is -0.302. The molecule has 150 valence electrons. The van der Waals surface area contributed by atoms with Crippen molar-refractivity contribution >= 4 is 34.2 Å². The second-order valence-corrected chi connectivity index (χ2v) is 7.83. The summed E-state index contributed by atoms with van der Waals surface area (Å²) in [7, 11) is 0. The summed E-state index contributed by atoms with van der Waals surface area (Å²) in [5, 5.41) is 4.73. The molecule has 1 atom stereocenters. The van der Waals surface area contributed by atoms with Crippen LogP contribution in [0.5, 0.6) is 0 Å². The maximum atomic E-state index is 13.6. The smallest absolute Gasteiger partial charge is 0.322 e. The van der Waals surface area contributed by atoms with E-state index >= 15 is 0 Å².